The number of amides is 1. The molecule has 0 aliphatic heterocycles. The molecular formula is C17H13N3O4. The largest absolute Gasteiger partial charge is 0.441 e. The van der Waals surface area contributed by atoms with Crippen LogP contribution in [0, 0.1) is 17.0 Å². The summed E-state index contributed by atoms with van der Waals surface area (Å²) in [7, 11) is 0. The minimum Gasteiger partial charge on any atom is -0.441 e. The lowest BCUT2D eigenvalue weighted by Crippen LogP contribution is -2.07. The number of hydrogen-bond acceptors (Lipinski definition) is 5. The number of benzene rings is 2. The molecule has 0 bridgehead atoms. The van der Waals surface area contributed by atoms with Crippen LogP contribution in [0.25, 0.3) is 17.2 Å². The highest BCUT2D eigenvalue weighted by atomic mass is 16.6. The van der Waals surface area contributed by atoms with E-state index < -0.39 is 4.92 Å². The van der Waals surface area contributed by atoms with Crippen molar-refractivity contribution in [2.45, 2.75) is 6.92 Å². The van der Waals surface area contributed by atoms with E-state index in [1.165, 1.54) is 18.2 Å². The number of nitro groups is 1. The highest BCUT2D eigenvalue weighted by Crippen LogP contribution is 2.19. The van der Waals surface area contributed by atoms with Gasteiger partial charge in [-0.2, -0.15) is 0 Å². The van der Waals surface area contributed by atoms with Gasteiger partial charge in [-0.3, -0.25) is 14.9 Å². The first-order valence-corrected chi connectivity index (χ1v) is 7.12. The molecule has 0 aliphatic rings. The molecule has 0 saturated heterocycles. The maximum Gasteiger partial charge on any atom is 0.269 e. The Labute approximate surface area is 136 Å². The Morgan fingerprint density at radius 3 is 2.71 bits per heavy atom. The fourth-order valence-electron chi connectivity index (χ4n) is 2.18. The van der Waals surface area contributed by atoms with E-state index in [0.717, 1.165) is 0 Å². The van der Waals surface area contributed by atoms with E-state index in [1.807, 2.05) is 0 Å². The Bertz CT molecular complexity index is 942. The molecule has 0 fully saturated rings. The molecular weight excluding hydrogens is 310 g/mol. The quantitative estimate of drug-likeness (QED) is 0.448. The number of nitrogens with zero attached hydrogens (tertiary/aromatic N) is 2. The van der Waals surface area contributed by atoms with Crippen LogP contribution in [0.1, 0.15) is 11.5 Å². The molecule has 1 heterocycles. The number of nitrogens with one attached hydrogen (secondary N) is 1. The summed E-state index contributed by atoms with van der Waals surface area (Å²) in [6.45, 7) is 1.76. The number of oxazole rings is 1. The number of aryl methyl sites for hydroxylation is 1. The third-order valence-electron chi connectivity index (χ3n) is 3.29. The van der Waals surface area contributed by atoms with E-state index >= 15 is 0 Å². The highest BCUT2D eigenvalue weighted by molar-refractivity contribution is 6.02. The zero-order valence-corrected chi connectivity index (χ0v) is 12.7. The SMILES string of the molecule is Cc1nc2cc(NC(=O)/C=C/c3ccc([N+](=O)[O-])cc3)ccc2o1. The van der Waals surface area contributed by atoms with Gasteiger partial charge in [0.25, 0.3) is 5.69 Å². The molecule has 1 amide bonds. The predicted octanol–water partition coefficient (Wildman–Crippen LogP) is 3.70. The van der Waals surface area contributed by atoms with Crippen molar-refractivity contribution in [3.8, 4) is 0 Å². The Balaban J connectivity index is 1.68. The summed E-state index contributed by atoms with van der Waals surface area (Å²) in [4.78, 5) is 26.3. The van der Waals surface area contributed by atoms with Crippen LogP contribution in [0.3, 0.4) is 0 Å². The number of carbonyl (C=O) groups excluding carboxylic acids is 1. The number of nitro benzene ring substituents is 1. The monoisotopic (exact) mass is 323 g/mol. The van der Waals surface area contributed by atoms with Crippen molar-refractivity contribution in [2.75, 3.05) is 5.32 Å². The summed E-state index contributed by atoms with van der Waals surface area (Å²) in [5.41, 5.74) is 2.64. The molecule has 1 aromatic heterocycles. The van der Waals surface area contributed by atoms with Crippen molar-refractivity contribution in [1.82, 2.24) is 4.98 Å². The molecule has 0 unspecified atom stereocenters. The van der Waals surface area contributed by atoms with Gasteiger partial charge in [-0.25, -0.2) is 4.98 Å². The molecule has 1 N–H and O–H groups in total. The van der Waals surface area contributed by atoms with E-state index in [-0.39, 0.29) is 11.6 Å². The Kier molecular flexibility index (Phi) is 4.07. The van der Waals surface area contributed by atoms with Crippen LogP contribution in [0.5, 0.6) is 0 Å². The summed E-state index contributed by atoms with van der Waals surface area (Å²) in [6, 6.07) is 11.1. The molecule has 24 heavy (non-hydrogen) atoms. The van der Waals surface area contributed by atoms with Gasteiger partial charge in [-0.05, 0) is 42.0 Å². The number of non-ortho nitro benzene ring substituents is 1. The third kappa shape index (κ3) is 3.46. The smallest absolute Gasteiger partial charge is 0.269 e. The number of carbonyl (C=O) groups is 1. The van der Waals surface area contributed by atoms with Crippen LogP contribution in [-0.4, -0.2) is 15.8 Å². The zero-order valence-electron chi connectivity index (χ0n) is 12.7. The molecule has 0 aliphatic carbocycles. The van der Waals surface area contributed by atoms with Crippen LogP contribution in [-0.2, 0) is 4.79 Å². The van der Waals surface area contributed by atoms with Crippen LogP contribution in [0.15, 0.2) is 53.0 Å². The average Bonchev–Trinajstić information content (AvgIpc) is 2.92. The summed E-state index contributed by atoms with van der Waals surface area (Å²) in [5.74, 6) is 0.250. The van der Waals surface area contributed by atoms with Gasteiger partial charge in [0.05, 0.1) is 4.92 Å². The second-order valence-electron chi connectivity index (χ2n) is 5.09. The summed E-state index contributed by atoms with van der Waals surface area (Å²) < 4.78 is 5.37. The maximum absolute atomic E-state index is 12.0. The van der Waals surface area contributed by atoms with Crippen molar-refractivity contribution >= 4 is 34.5 Å². The maximum atomic E-state index is 12.0. The fourth-order valence-corrected chi connectivity index (χ4v) is 2.18. The van der Waals surface area contributed by atoms with Crippen molar-refractivity contribution in [3.63, 3.8) is 0 Å². The van der Waals surface area contributed by atoms with Crippen LogP contribution < -0.4 is 5.32 Å². The first kappa shape index (κ1) is 15.4. The first-order valence-electron chi connectivity index (χ1n) is 7.12. The van der Waals surface area contributed by atoms with E-state index in [4.69, 9.17) is 4.42 Å². The molecule has 7 nitrogen and oxygen atoms in total. The minimum absolute atomic E-state index is 0.00723. The van der Waals surface area contributed by atoms with E-state index in [0.29, 0.717) is 28.2 Å². The van der Waals surface area contributed by atoms with Gasteiger partial charge in [0.2, 0.25) is 5.91 Å². The lowest BCUT2D eigenvalue weighted by molar-refractivity contribution is -0.384. The van der Waals surface area contributed by atoms with Gasteiger partial charge in [0.1, 0.15) is 5.52 Å². The summed E-state index contributed by atoms with van der Waals surface area (Å²) in [5, 5.41) is 13.3. The number of rotatable bonds is 4. The first-order chi connectivity index (χ1) is 11.5. The van der Waals surface area contributed by atoms with Crippen molar-refractivity contribution in [2.24, 2.45) is 0 Å². The number of fused-ring (bicyclic) bond motifs is 1. The minimum atomic E-state index is -0.470. The van der Waals surface area contributed by atoms with Gasteiger partial charge >= 0.3 is 0 Å². The summed E-state index contributed by atoms with van der Waals surface area (Å²) in [6.07, 6.45) is 2.94. The standard InChI is InChI=1S/C17H13N3O4/c1-11-18-15-10-13(5-8-16(15)24-11)19-17(21)9-4-12-2-6-14(7-3-12)20(22)23/h2-10H,1H3,(H,19,21)/b9-4+. The number of aromatic nitrogens is 1. The molecule has 2 aromatic carbocycles. The fraction of sp³-hybridized carbons (Fsp3) is 0.0588. The Hall–Kier alpha value is -3.48. The van der Waals surface area contributed by atoms with Crippen LogP contribution in [0.2, 0.25) is 0 Å². The molecule has 7 heteroatoms. The average molecular weight is 323 g/mol. The Morgan fingerprint density at radius 2 is 2.00 bits per heavy atom. The van der Waals surface area contributed by atoms with Crippen LogP contribution >= 0.6 is 0 Å². The van der Waals surface area contributed by atoms with E-state index in [1.54, 1.807) is 43.3 Å². The van der Waals surface area contributed by atoms with Crippen molar-refractivity contribution < 1.29 is 14.1 Å². The molecule has 120 valence electrons. The highest BCUT2D eigenvalue weighted by Gasteiger charge is 2.05. The van der Waals surface area contributed by atoms with Crippen molar-refractivity contribution in [3.05, 3.63) is 70.1 Å². The third-order valence-corrected chi connectivity index (χ3v) is 3.29. The van der Waals surface area contributed by atoms with Crippen molar-refractivity contribution in [1.29, 1.82) is 0 Å². The number of hydrogen-bond donors (Lipinski definition) is 1. The molecule has 0 radical (unpaired) electrons. The second kappa shape index (κ2) is 6.33. The molecule has 3 aromatic rings. The lowest BCUT2D eigenvalue weighted by atomic mass is 10.2. The predicted molar refractivity (Wildman–Crippen MR) is 89.5 cm³/mol. The lowest BCUT2D eigenvalue weighted by Gasteiger charge is -2.01. The van der Waals surface area contributed by atoms with E-state index in [2.05, 4.69) is 10.3 Å². The van der Waals surface area contributed by atoms with Gasteiger partial charge in [0, 0.05) is 30.8 Å². The second-order valence-corrected chi connectivity index (χ2v) is 5.09. The van der Waals surface area contributed by atoms with E-state index in [9.17, 15) is 14.9 Å². The van der Waals surface area contributed by atoms with Gasteiger partial charge in [-0.1, -0.05) is 0 Å². The van der Waals surface area contributed by atoms with Gasteiger partial charge < -0.3 is 9.73 Å². The molecule has 0 atom stereocenters. The summed E-state index contributed by atoms with van der Waals surface area (Å²) >= 11 is 0. The van der Waals surface area contributed by atoms with Gasteiger partial charge in [-0.15, -0.1) is 0 Å². The number of anilines is 1. The molecule has 0 saturated carbocycles. The normalized spacial score (nSPS) is 11.0. The zero-order chi connectivity index (χ0) is 17.1. The topological polar surface area (TPSA) is 98.3 Å². The molecule has 3 rings (SSSR count). The van der Waals surface area contributed by atoms with Crippen LogP contribution in [0.4, 0.5) is 11.4 Å². The molecule has 0 spiro atoms. The van der Waals surface area contributed by atoms with Gasteiger partial charge in [0.15, 0.2) is 11.5 Å². The Morgan fingerprint density at radius 1 is 1.25 bits per heavy atom.